The highest BCUT2D eigenvalue weighted by molar-refractivity contribution is 5.80. The van der Waals surface area contributed by atoms with Crippen LogP contribution in [0.5, 0.6) is 11.5 Å². The second-order valence-electron chi connectivity index (χ2n) is 8.12. The molecule has 170 valence electrons. The van der Waals surface area contributed by atoms with Crippen LogP contribution in [0.25, 0.3) is 11.1 Å². The van der Waals surface area contributed by atoms with E-state index in [1.165, 1.54) is 0 Å². The number of ether oxygens (including phenoxy) is 3. The van der Waals surface area contributed by atoms with Gasteiger partial charge in [-0.1, -0.05) is 91.0 Å². The molecule has 0 spiro atoms. The van der Waals surface area contributed by atoms with E-state index in [2.05, 4.69) is 0 Å². The molecule has 1 aliphatic heterocycles. The quantitative estimate of drug-likeness (QED) is 0.368. The number of carbonyl (C=O) groups excluding carboxylic acids is 1. The molecule has 2 unspecified atom stereocenters. The van der Waals surface area contributed by atoms with Gasteiger partial charge in [0, 0.05) is 0 Å². The van der Waals surface area contributed by atoms with Crippen molar-refractivity contribution in [2.45, 2.75) is 18.6 Å². The number of carbonyl (C=O) groups is 1. The molecular weight excluding hydrogens is 428 g/mol. The van der Waals surface area contributed by atoms with Gasteiger partial charge in [-0.3, -0.25) is 4.79 Å². The molecule has 5 heteroatoms. The van der Waals surface area contributed by atoms with Gasteiger partial charge in [-0.25, -0.2) is 0 Å². The van der Waals surface area contributed by atoms with E-state index in [0.717, 1.165) is 16.7 Å². The smallest absolute Gasteiger partial charge is 0.316 e. The summed E-state index contributed by atoms with van der Waals surface area (Å²) in [6, 6.07) is 32.3. The van der Waals surface area contributed by atoms with E-state index in [0.29, 0.717) is 22.6 Å². The zero-order chi connectivity index (χ0) is 23.3. The van der Waals surface area contributed by atoms with Crippen LogP contribution in [0, 0.1) is 0 Å². The molecule has 4 aromatic carbocycles. The van der Waals surface area contributed by atoms with Gasteiger partial charge in [0.2, 0.25) is 6.79 Å². The van der Waals surface area contributed by atoms with Gasteiger partial charge in [0.05, 0.1) is 6.10 Å². The van der Waals surface area contributed by atoms with E-state index in [1.54, 1.807) is 18.2 Å². The normalized spacial score (nSPS) is 13.8. The molecule has 0 aliphatic carbocycles. The monoisotopic (exact) mass is 452 g/mol. The van der Waals surface area contributed by atoms with Gasteiger partial charge in [0.15, 0.2) is 11.5 Å². The van der Waals surface area contributed by atoms with Crippen LogP contribution in [-0.2, 0) is 16.1 Å². The third-order valence-corrected chi connectivity index (χ3v) is 5.91. The summed E-state index contributed by atoms with van der Waals surface area (Å²) in [5.74, 6) is -0.282. The predicted molar refractivity (Wildman–Crippen MR) is 128 cm³/mol. The summed E-state index contributed by atoms with van der Waals surface area (Å²) in [6.07, 6.45) is -1.10. The lowest BCUT2D eigenvalue weighted by Crippen LogP contribution is -2.23. The number of benzene rings is 4. The molecule has 1 N–H and O–H groups in total. The van der Waals surface area contributed by atoms with E-state index in [1.807, 2.05) is 84.9 Å². The van der Waals surface area contributed by atoms with Gasteiger partial charge in [0.1, 0.15) is 12.5 Å². The molecule has 0 saturated heterocycles. The van der Waals surface area contributed by atoms with E-state index in [4.69, 9.17) is 14.2 Å². The maximum Gasteiger partial charge on any atom is 0.316 e. The van der Waals surface area contributed by atoms with E-state index >= 15 is 0 Å². The van der Waals surface area contributed by atoms with E-state index < -0.39 is 18.0 Å². The molecule has 0 amide bonds. The number of aliphatic hydroxyl groups excluding tert-OH is 1. The largest absolute Gasteiger partial charge is 0.460 e. The fourth-order valence-corrected chi connectivity index (χ4v) is 4.07. The maximum absolute atomic E-state index is 13.3. The predicted octanol–water partition coefficient (Wildman–Crippen LogP) is 5.64. The minimum absolute atomic E-state index is 0.125. The highest BCUT2D eigenvalue weighted by Gasteiger charge is 2.33. The average Bonchev–Trinajstić information content (AvgIpc) is 3.37. The van der Waals surface area contributed by atoms with Gasteiger partial charge < -0.3 is 19.3 Å². The van der Waals surface area contributed by atoms with Crippen LogP contribution in [0.15, 0.2) is 103 Å². The van der Waals surface area contributed by atoms with Crippen molar-refractivity contribution in [1.82, 2.24) is 0 Å². The van der Waals surface area contributed by atoms with Crippen LogP contribution in [0.1, 0.15) is 28.7 Å². The van der Waals surface area contributed by atoms with Gasteiger partial charge in [-0.15, -0.1) is 0 Å². The van der Waals surface area contributed by atoms with Crippen LogP contribution < -0.4 is 9.47 Å². The number of hydrogen-bond donors (Lipinski definition) is 1. The van der Waals surface area contributed by atoms with Gasteiger partial charge in [0.25, 0.3) is 0 Å². The molecule has 0 bridgehead atoms. The molecule has 5 nitrogen and oxygen atoms in total. The Hall–Kier alpha value is -4.09. The minimum Gasteiger partial charge on any atom is -0.460 e. The van der Waals surface area contributed by atoms with Crippen molar-refractivity contribution >= 4 is 5.97 Å². The van der Waals surface area contributed by atoms with Crippen molar-refractivity contribution in [3.8, 4) is 22.6 Å². The first kappa shape index (κ1) is 21.7. The second-order valence-corrected chi connectivity index (χ2v) is 8.12. The Bertz CT molecular complexity index is 1250. The molecule has 1 heterocycles. The fraction of sp³-hybridized carbons (Fsp3) is 0.138. The highest BCUT2D eigenvalue weighted by Crippen LogP contribution is 2.39. The molecule has 0 fully saturated rings. The number of fused-ring (bicyclic) bond motifs is 1. The Labute approximate surface area is 198 Å². The summed E-state index contributed by atoms with van der Waals surface area (Å²) in [6.45, 7) is 0.256. The van der Waals surface area contributed by atoms with Gasteiger partial charge in [-0.05, 0) is 39.9 Å². The molecule has 0 aromatic heterocycles. The first-order chi connectivity index (χ1) is 16.7. The van der Waals surface area contributed by atoms with Crippen molar-refractivity contribution in [3.63, 3.8) is 0 Å². The molecule has 0 saturated carbocycles. The Morgan fingerprint density at radius 2 is 1.38 bits per heavy atom. The van der Waals surface area contributed by atoms with Crippen LogP contribution in [0.3, 0.4) is 0 Å². The first-order valence-electron chi connectivity index (χ1n) is 11.1. The standard InChI is InChI=1S/C29H24O5/c30-28(23-13-11-22(12-14-23)21-9-5-2-6-10-21)27(24-15-16-25-26(17-24)34-19-33-25)29(31)32-18-20-7-3-1-4-8-20/h1-17,27-28,30H,18-19H2. The minimum atomic E-state index is -1.10. The lowest BCUT2D eigenvalue weighted by atomic mass is 9.88. The van der Waals surface area contributed by atoms with Crippen LogP contribution in [0.2, 0.25) is 0 Å². The zero-order valence-corrected chi connectivity index (χ0v) is 18.5. The van der Waals surface area contributed by atoms with Gasteiger partial charge in [-0.2, -0.15) is 0 Å². The highest BCUT2D eigenvalue weighted by atomic mass is 16.7. The number of rotatable bonds is 7. The SMILES string of the molecule is O=C(OCc1ccccc1)C(c1ccc2c(c1)OCO2)C(O)c1ccc(-c2ccccc2)cc1. The summed E-state index contributed by atoms with van der Waals surface area (Å²) in [5.41, 5.74) is 4.21. The number of aliphatic hydroxyl groups is 1. The van der Waals surface area contributed by atoms with Crippen molar-refractivity contribution in [2.75, 3.05) is 6.79 Å². The van der Waals surface area contributed by atoms with E-state index in [9.17, 15) is 9.90 Å². The van der Waals surface area contributed by atoms with Crippen molar-refractivity contribution in [2.24, 2.45) is 0 Å². The fourth-order valence-electron chi connectivity index (χ4n) is 4.07. The molecule has 1 aliphatic rings. The Kier molecular flexibility index (Phi) is 6.27. The molecular formula is C29H24O5. The molecule has 4 aromatic rings. The summed E-state index contributed by atoms with van der Waals surface area (Å²) >= 11 is 0. The Balaban J connectivity index is 1.42. The molecule has 34 heavy (non-hydrogen) atoms. The molecule has 2 atom stereocenters. The lowest BCUT2D eigenvalue weighted by molar-refractivity contribution is -0.149. The summed E-state index contributed by atoms with van der Waals surface area (Å²) in [7, 11) is 0. The second kappa shape index (κ2) is 9.81. The number of esters is 1. The Morgan fingerprint density at radius 3 is 2.12 bits per heavy atom. The third-order valence-electron chi connectivity index (χ3n) is 5.91. The average molecular weight is 453 g/mol. The van der Waals surface area contributed by atoms with Crippen LogP contribution >= 0.6 is 0 Å². The summed E-state index contributed by atoms with van der Waals surface area (Å²) < 4.78 is 16.5. The van der Waals surface area contributed by atoms with Crippen molar-refractivity contribution in [1.29, 1.82) is 0 Å². The summed E-state index contributed by atoms with van der Waals surface area (Å²) in [5, 5.41) is 11.3. The van der Waals surface area contributed by atoms with Crippen molar-refractivity contribution in [3.05, 3.63) is 120 Å². The lowest BCUT2D eigenvalue weighted by Gasteiger charge is -2.23. The van der Waals surface area contributed by atoms with Crippen LogP contribution in [-0.4, -0.2) is 17.9 Å². The molecule has 5 rings (SSSR count). The zero-order valence-electron chi connectivity index (χ0n) is 18.5. The van der Waals surface area contributed by atoms with Crippen molar-refractivity contribution < 1.29 is 24.1 Å². The first-order valence-corrected chi connectivity index (χ1v) is 11.1. The Morgan fingerprint density at radius 1 is 0.765 bits per heavy atom. The summed E-state index contributed by atoms with van der Waals surface area (Å²) in [4.78, 5) is 13.3. The van der Waals surface area contributed by atoms with E-state index in [-0.39, 0.29) is 13.4 Å². The third kappa shape index (κ3) is 4.65. The topological polar surface area (TPSA) is 65.0 Å². The van der Waals surface area contributed by atoms with Gasteiger partial charge >= 0.3 is 5.97 Å². The van der Waals surface area contributed by atoms with Crippen LogP contribution in [0.4, 0.5) is 0 Å². The molecule has 0 radical (unpaired) electrons. The maximum atomic E-state index is 13.3. The number of hydrogen-bond acceptors (Lipinski definition) is 5.